The van der Waals surface area contributed by atoms with Crippen molar-refractivity contribution in [3.05, 3.63) is 16.5 Å². The van der Waals surface area contributed by atoms with Crippen LogP contribution >= 0.6 is 11.3 Å². The van der Waals surface area contributed by atoms with Gasteiger partial charge in [0.1, 0.15) is 0 Å². The van der Waals surface area contributed by atoms with Crippen molar-refractivity contribution in [2.45, 2.75) is 57.9 Å². The average molecular weight is 392 g/mol. The molecule has 27 heavy (non-hydrogen) atoms. The first kappa shape index (κ1) is 19.1. The fourth-order valence-corrected chi connectivity index (χ4v) is 5.50. The third-order valence-corrected chi connectivity index (χ3v) is 7.20. The number of likely N-dealkylation sites (tertiary alicyclic amines) is 2. The minimum absolute atomic E-state index is 0.232. The third kappa shape index (κ3) is 4.96. The number of fused-ring (bicyclic) bond motifs is 1. The molecule has 4 rings (SSSR count). The van der Waals surface area contributed by atoms with Gasteiger partial charge in [-0.15, -0.1) is 11.3 Å². The second kappa shape index (κ2) is 9.28. The molecule has 1 aromatic heterocycles. The maximum absolute atomic E-state index is 12.8. The lowest BCUT2D eigenvalue weighted by atomic mass is 10.1. The summed E-state index contributed by atoms with van der Waals surface area (Å²) in [6.45, 7) is 7.92. The Hall–Kier alpha value is -1.27. The van der Waals surface area contributed by atoms with Crippen LogP contribution in [0.25, 0.3) is 0 Å². The molecule has 0 aromatic carbocycles. The van der Waals surface area contributed by atoms with Crippen LogP contribution in [-0.2, 0) is 13.0 Å². The van der Waals surface area contributed by atoms with Gasteiger partial charge in [-0.3, -0.25) is 0 Å². The number of amides is 2. The second-order valence-electron chi connectivity index (χ2n) is 8.12. The molecular formula is C21H33N3O2S. The summed E-state index contributed by atoms with van der Waals surface area (Å²) in [5.74, 6) is 0. The maximum atomic E-state index is 12.8. The molecule has 6 heteroatoms. The van der Waals surface area contributed by atoms with Crippen molar-refractivity contribution in [2.75, 3.05) is 45.9 Å². The van der Waals surface area contributed by atoms with E-state index in [4.69, 9.17) is 4.74 Å². The molecule has 2 fully saturated rings. The van der Waals surface area contributed by atoms with Gasteiger partial charge in [-0.2, -0.15) is 0 Å². The molecule has 0 bridgehead atoms. The summed E-state index contributed by atoms with van der Waals surface area (Å²) in [6.07, 6.45) is 9.73. The molecule has 0 N–H and O–H groups in total. The smallest absolute Gasteiger partial charge is 0.320 e. The van der Waals surface area contributed by atoms with Crippen molar-refractivity contribution in [3.63, 3.8) is 0 Å². The standard InChI is InChI=1S/C21H33N3O2S/c25-21(23-12-5-2-6-13-23)24-14-8-19-18(17-24)16-20(27-19)26-15-7-11-22-9-3-1-4-10-22/h16H,1-15,17H2. The van der Waals surface area contributed by atoms with Gasteiger partial charge in [0.15, 0.2) is 5.06 Å². The molecule has 3 aliphatic heterocycles. The number of hydrogen-bond acceptors (Lipinski definition) is 4. The van der Waals surface area contributed by atoms with Crippen LogP contribution in [0.5, 0.6) is 5.06 Å². The van der Waals surface area contributed by atoms with Crippen molar-refractivity contribution < 1.29 is 9.53 Å². The van der Waals surface area contributed by atoms with Gasteiger partial charge >= 0.3 is 6.03 Å². The highest BCUT2D eigenvalue weighted by atomic mass is 32.1. The van der Waals surface area contributed by atoms with Gasteiger partial charge in [0.2, 0.25) is 0 Å². The molecule has 2 amide bonds. The van der Waals surface area contributed by atoms with Crippen LogP contribution < -0.4 is 4.74 Å². The van der Waals surface area contributed by atoms with Crippen molar-refractivity contribution in [2.24, 2.45) is 0 Å². The molecule has 3 aliphatic rings. The molecule has 0 aliphatic carbocycles. The Kier molecular flexibility index (Phi) is 6.56. The van der Waals surface area contributed by atoms with Gasteiger partial charge in [-0.05, 0) is 69.7 Å². The molecule has 0 spiro atoms. The predicted octanol–water partition coefficient (Wildman–Crippen LogP) is 3.97. The molecule has 0 atom stereocenters. The second-order valence-corrected chi connectivity index (χ2v) is 9.22. The lowest BCUT2D eigenvalue weighted by Crippen LogP contribution is -2.46. The van der Waals surface area contributed by atoms with Crippen LogP contribution in [0.4, 0.5) is 4.79 Å². The number of carbonyl (C=O) groups excluding carboxylic acids is 1. The number of urea groups is 1. The highest BCUT2D eigenvalue weighted by molar-refractivity contribution is 7.14. The lowest BCUT2D eigenvalue weighted by molar-refractivity contribution is 0.139. The van der Waals surface area contributed by atoms with E-state index in [0.717, 1.165) is 70.1 Å². The van der Waals surface area contributed by atoms with Crippen LogP contribution in [0, 0.1) is 0 Å². The third-order valence-electron chi connectivity index (χ3n) is 6.05. The largest absolute Gasteiger partial charge is 0.484 e. The van der Waals surface area contributed by atoms with Crippen molar-refractivity contribution >= 4 is 17.4 Å². The van der Waals surface area contributed by atoms with E-state index >= 15 is 0 Å². The Balaban J connectivity index is 1.24. The SMILES string of the molecule is O=C(N1CCCCC1)N1CCc2sc(OCCCN3CCCCC3)cc2C1. The number of hydrogen-bond donors (Lipinski definition) is 0. The fourth-order valence-electron chi connectivity index (χ4n) is 4.47. The van der Waals surface area contributed by atoms with Crippen molar-refractivity contribution in [1.82, 2.24) is 14.7 Å². The minimum atomic E-state index is 0.232. The first-order chi connectivity index (χ1) is 13.3. The Bertz CT molecular complexity index is 621. The van der Waals surface area contributed by atoms with Gasteiger partial charge in [0, 0.05) is 37.6 Å². The summed E-state index contributed by atoms with van der Waals surface area (Å²) in [5.41, 5.74) is 1.29. The van der Waals surface area contributed by atoms with Crippen LogP contribution in [0.15, 0.2) is 6.07 Å². The summed E-state index contributed by atoms with van der Waals surface area (Å²) in [5, 5.41) is 1.03. The number of ether oxygens (including phenoxy) is 1. The zero-order chi connectivity index (χ0) is 18.5. The summed E-state index contributed by atoms with van der Waals surface area (Å²) >= 11 is 1.78. The fraction of sp³-hybridized carbons (Fsp3) is 0.762. The van der Waals surface area contributed by atoms with E-state index in [1.807, 2.05) is 9.80 Å². The Labute approximate surface area is 167 Å². The highest BCUT2D eigenvalue weighted by Gasteiger charge is 2.27. The average Bonchev–Trinajstić information content (AvgIpc) is 3.14. The highest BCUT2D eigenvalue weighted by Crippen LogP contribution is 2.33. The topological polar surface area (TPSA) is 36.0 Å². The molecule has 1 aromatic rings. The van der Waals surface area contributed by atoms with Gasteiger partial charge in [-0.1, -0.05) is 6.42 Å². The minimum Gasteiger partial charge on any atom is -0.484 e. The molecule has 0 unspecified atom stereocenters. The van der Waals surface area contributed by atoms with E-state index in [2.05, 4.69) is 11.0 Å². The summed E-state index contributed by atoms with van der Waals surface area (Å²) in [7, 11) is 0. The Morgan fingerprint density at radius 1 is 0.963 bits per heavy atom. The number of rotatable bonds is 5. The monoisotopic (exact) mass is 391 g/mol. The molecular weight excluding hydrogens is 358 g/mol. The lowest BCUT2D eigenvalue weighted by Gasteiger charge is -2.34. The first-order valence-corrected chi connectivity index (χ1v) is 11.6. The van der Waals surface area contributed by atoms with E-state index in [0.29, 0.717) is 0 Å². The van der Waals surface area contributed by atoms with Gasteiger partial charge < -0.3 is 19.4 Å². The van der Waals surface area contributed by atoms with E-state index in [9.17, 15) is 4.79 Å². The molecule has 5 nitrogen and oxygen atoms in total. The molecule has 2 saturated heterocycles. The summed E-state index contributed by atoms with van der Waals surface area (Å²) < 4.78 is 6.04. The normalized spacial score (nSPS) is 21.2. The van der Waals surface area contributed by atoms with E-state index < -0.39 is 0 Å². The van der Waals surface area contributed by atoms with Crippen molar-refractivity contribution in [1.29, 1.82) is 0 Å². The van der Waals surface area contributed by atoms with Gasteiger partial charge in [-0.25, -0.2) is 4.79 Å². The molecule has 0 radical (unpaired) electrons. The van der Waals surface area contributed by atoms with Crippen LogP contribution in [0.3, 0.4) is 0 Å². The quantitative estimate of drug-likeness (QED) is 0.713. The summed E-state index contributed by atoms with van der Waals surface area (Å²) in [6, 6.07) is 2.41. The van der Waals surface area contributed by atoms with Gasteiger partial charge in [0.25, 0.3) is 0 Å². The summed E-state index contributed by atoms with van der Waals surface area (Å²) in [4.78, 5) is 20.8. The van der Waals surface area contributed by atoms with E-state index in [1.165, 1.54) is 49.2 Å². The van der Waals surface area contributed by atoms with E-state index in [-0.39, 0.29) is 6.03 Å². The number of thiophene rings is 1. The molecule has 150 valence electrons. The first-order valence-electron chi connectivity index (χ1n) is 10.8. The zero-order valence-corrected chi connectivity index (χ0v) is 17.3. The zero-order valence-electron chi connectivity index (χ0n) is 16.5. The van der Waals surface area contributed by atoms with Crippen LogP contribution in [-0.4, -0.2) is 66.6 Å². The van der Waals surface area contributed by atoms with Gasteiger partial charge in [0.05, 0.1) is 6.61 Å². The van der Waals surface area contributed by atoms with Crippen molar-refractivity contribution in [3.8, 4) is 5.06 Å². The number of nitrogens with zero attached hydrogens (tertiary/aromatic N) is 3. The number of piperidine rings is 2. The predicted molar refractivity (Wildman–Crippen MR) is 110 cm³/mol. The van der Waals surface area contributed by atoms with Crippen LogP contribution in [0.1, 0.15) is 55.4 Å². The maximum Gasteiger partial charge on any atom is 0.320 e. The Morgan fingerprint density at radius 2 is 1.70 bits per heavy atom. The number of carbonyl (C=O) groups is 1. The van der Waals surface area contributed by atoms with E-state index in [1.54, 1.807) is 11.3 Å². The molecule has 0 saturated carbocycles. The molecule has 4 heterocycles. The van der Waals surface area contributed by atoms with Crippen LogP contribution in [0.2, 0.25) is 0 Å². The Morgan fingerprint density at radius 3 is 2.48 bits per heavy atom.